The van der Waals surface area contributed by atoms with Crippen molar-refractivity contribution in [1.29, 1.82) is 0 Å². The van der Waals surface area contributed by atoms with Crippen LogP contribution in [0.25, 0.3) is 16.9 Å². The van der Waals surface area contributed by atoms with Gasteiger partial charge in [-0.2, -0.15) is 10.2 Å². The van der Waals surface area contributed by atoms with Gasteiger partial charge in [0.2, 0.25) is 0 Å². The summed E-state index contributed by atoms with van der Waals surface area (Å²) in [6.07, 6.45) is 6.59. The highest BCUT2D eigenvalue weighted by atomic mass is 16.3. The van der Waals surface area contributed by atoms with E-state index < -0.39 is 5.60 Å². The average molecular weight is 404 g/mol. The maximum absolute atomic E-state index is 13.0. The molecule has 3 aromatic heterocycles. The van der Waals surface area contributed by atoms with Crippen LogP contribution in [0.2, 0.25) is 0 Å². The molecule has 8 heteroatoms. The van der Waals surface area contributed by atoms with Gasteiger partial charge in [0.05, 0.1) is 24.0 Å². The number of aliphatic hydroxyl groups is 1. The fraction of sp³-hybridized carbons (Fsp3) is 0.273. The Balaban J connectivity index is 1.74. The molecule has 0 saturated carbocycles. The molecular weight excluding hydrogens is 380 g/mol. The van der Waals surface area contributed by atoms with Crippen LogP contribution in [0.15, 0.2) is 49.1 Å². The number of rotatable bonds is 5. The zero-order valence-corrected chi connectivity index (χ0v) is 17.4. The molecule has 0 bridgehead atoms. The van der Waals surface area contributed by atoms with Crippen LogP contribution in [0.5, 0.6) is 0 Å². The van der Waals surface area contributed by atoms with Crippen molar-refractivity contribution in [2.45, 2.75) is 39.8 Å². The van der Waals surface area contributed by atoms with Gasteiger partial charge in [0.25, 0.3) is 5.91 Å². The monoisotopic (exact) mass is 404 g/mol. The molecule has 2 N–H and O–H groups in total. The maximum atomic E-state index is 13.0. The number of carbonyl (C=O) groups excluding carboxylic acids is 1. The molecule has 1 amide bonds. The molecule has 0 saturated heterocycles. The summed E-state index contributed by atoms with van der Waals surface area (Å²) in [5.41, 5.74) is 4.21. The summed E-state index contributed by atoms with van der Waals surface area (Å²) in [4.78, 5) is 17.3. The van der Waals surface area contributed by atoms with Crippen molar-refractivity contribution in [2.24, 2.45) is 0 Å². The van der Waals surface area contributed by atoms with E-state index in [9.17, 15) is 9.90 Å². The highest BCUT2D eigenvalue weighted by Gasteiger charge is 2.21. The minimum absolute atomic E-state index is 0.291. The minimum Gasteiger partial charge on any atom is -0.389 e. The summed E-state index contributed by atoms with van der Waals surface area (Å²) >= 11 is 0. The number of nitrogens with one attached hydrogen (secondary N) is 1. The third kappa shape index (κ3) is 4.08. The fourth-order valence-electron chi connectivity index (χ4n) is 3.49. The number of hydrogen-bond acceptors (Lipinski definition) is 5. The summed E-state index contributed by atoms with van der Waals surface area (Å²) in [5, 5.41) is 22.0. The summed E-state index contributed by atoms with van der Waals surface area (Å²) in [6, 6.07) is 7.88. The SMILES string of the molecule is Cc1cc(C)cc(-c2nn(CC(C)(C)O)cc2NC(=O)c2cnn3cccnc23)c1. The van der Waals surface area contributed by atoms with Gasteiger partial charge < -0.3 is 10.4 Å². The maximum Gasteiger partial charge on any atom is 0.261 e. The summed E-state index contributed by atoms with van der Waals surface area (Å²) in [6.45, 7) is 7.77. The van der Waals surface area contributed by atoms with Crippen LogP contribution >= 0.6 is 0 Å². The predicted molar refractivity (Wildman–Crippen MR) is 114 cm³/mol. The van der Waals surface area contributed by atoms with Crippen molar-refractivity contribution >= 4 is 17.2 Å². The Morgan fingerprint density at radius 3 is 2.63 bits per heavy atom. The van der Waals surface area contributed by atoms with Crippen LogP contribution in [-0.4, -0.2) is 41.0 Å². The number of aryl methyl sites for hydroxylation is 2. The number of carbonyl (C=O) groups is 1. The van der Waals surface area contributed by atoms with Gasteiger partial charge in [0.15, 0.2) is 5.65 Å². The summed E-state index contributed by atoms with van der Waals surface area (Å²) < 4.78 is 3.20. The zero-order chi connectivity index (χ0) is 21.5. The van der Waals surface area contributed by atoms with Crippen molar-refractivity contribution < 1.29 is 9.90 Å². The predicted octanol–water partition coefficient (Wildman–Crippen LogP) is 3.23. The van der Waals surface area contributed by atoms with Crippen molar-refractivity contribution in [1.82, 2.24) is 24.4 Å². The molecule has 0 aliphatic carbocycles. The lowest BCUT2D eigenvalue weighted by molar-refractivity contribution is 0.0578. The number of anilines is 1. The number of benzene rings is 1. The molecule has 8 nitrogen and oxygen atoms in total. The molecular formula is C22H24N6O2. The molecule has 3 heterocycles. The third-order valence-corrected chi connectivity index (χ3v) is 4.58. The quantitative estimate of drug-likeness (QED) is 0.532. The number of nitrogens with zero attached hydrogens (tertiary/aromatic N) is 5. The Hall–Kier alpha value is -3.52. The van der Waals surface area contributed by atoms with Gasteiger partial charge in [-0.1, -0.05) is 17.2 Å². The molecule has 0 atom stereocenters. The molecule has 1 aromatic carbocycles. The Morgan fingerprint density at radius 2 is 1.93 bits per heavy atom. The van der Waals surface area contributed by atoms with Crippen molar-refractivity contribution in [3.05, 3.63) is 65.7 Å². The van der Waals surface area contributed by atoms with Crippen LogP contribution in [0.3, 0.4) is 0 Å². The highest BCUT2D eigenvalue weighted by Crippen LogP contribution is 2.29. The number of fused-ring (bicyclic) bond motifs is 1. The molecule has 154 valence electrons. The van der Waals surface area contributed by atoms with E-state index in [0.29, 0.717) is 29.1 Å². The van der Waals surface area contributed by atoms with Gasteiger partial charge in [-0.25, -0.2) is 9.50 Å². The molecule has 0 aliphatic rings. The Morgan fingerprint density at radius 1 is 1.20 bits per heavy atom. The molecule has 0 spiro atoms. The average Bonchev–Trinajstić information content (AvgIpc) is 3.23. The van der Waals surface area contributed by atoms with E-state index in [1.807, 2.05) is 26.0 Å². The van der Waals surface area contributed by atoms with Gasteiger partial charge >= 0.3 is 0 Å². The fourth-order valence-corrected chi connectivity index (χ4v) is 3.49. The van der Waals surface area contributed by atoms with Crippen LogP contribution in [0.1, 0.15) is 35.3 Å². The van der Waals surface area contributed by atoms with Crippen molar-refractivity contribution in [3.8, 4) is 11.3 Å². The largest absolute Gasteiger partial charge is 0.389 e. The van der Waals surface area contributed by atoms with Crippen LogP contribution in [-0.2, 0) is 6.54 Å². The second-order valence-electron chi connectivity index (χ2n) is 8.18. The Labute approximate surface area is 174 Å². The second-order valence-corrected chi connectivity index (χ2v) is 8.18. The standard InChI is InChI=1S/C22H24N6O2/c1-14-8-15(2)10-16(9-14)19-18(12-27(26-19)13-22(3,4)30)25-21(29)17-11-24-28-7-5-6-23-20(17)28/h5-12,30H,13H2,1-4H3,(H,25,29). The van der Waals surface area contributed by atoms with Gasteiger partial charge in [-0.3, -0.25) is 9.48 Å². The van der Waals surface area contributed by atoms with Crippen molar-refractivity contribution in [2.75, 3.05) is 5.32 Å². The first-order chi connectivity index (χ1) is 14.2. The molecule has 0 fully saturated rings. The van der Waals surface area contributed by atoms with Gasteiger partial charge in [-0.05, 0) is 45.9 Å². The second kappa shape index (κ2) is 7.38. The minimum atomic E-state index is -0.945. The number of amides is 1. The van der Waals surface area contributed by atoms with Crippen LogP contribution in [0, 0.1) is 13.8 Å². The normalized spacial score (nSPS) is 11.8. The first kappa shape index (κ1) is 19.8. The van der Waals surface area contributed by atoms with E-state index in [-0.39, 0.29) is 5.91 Å². The highest BCUT2D eigenvalue weighted by molar-refractivity contribution is 6.09. The van der Waals surface area contributed by atoms with E-state index in [0.717, 1.165) is 16.7 Å². The first-order valence-corrected chi connectivity index (χ1v) is 9.68. The third-order valence-electron chi connectivity index (χ3n) is 4.58. The van der Waals surface area contributed by atoms with E-state index in [4.69, 9.17) is 0 Å². The molecule has 4 aromatic rings. The van der Waals surface area contributed by atoms with E-state index >= 15 is 0 Å². The van der Waals surface area contributed by atoms with Crippen LogP contribution in [0.4, 0.5) is 5.69 Å². The molecule has 0 aliphatic heterocycles. The van der Waals surface area contributed by atoms with Crippen molar-refractivity contribution in [3.63, 3.8) is 0 Å². The molecule has 0 unspecified atom stereocenters. The lowest BCUT2D eigenvalue weighted by atomic mass is 10.0. The smallest absolute Gasteiger partial charge is 0.261 e. The Bertz CT molecular complexity index is 1210. The van der Waals surface area contributed by atoms with Gasteiger partial charge in [0, 0.05) is 24.2 Å². The van der Waals surface area contributed by atoms with Gasteiger partial charge in [0.1, 0.15) is 11.3 Å². The van der Waals surface area contributed by atoms with E-state index in [2.05, 4.69) is 26.6 Å². The first-order valence-electron chi connectivity index (χ1n) is 9.68. The Kier molecular flexibility index (Phi) is 4.87. The lowest BCUT2D eigenvalue weighted by Crippen LogP contribution is -2.26. The van der Waals surface area contributed by atoms with Gasteiger partial charge in [-0.15, -0.1) is 0 Å². The van der Waals surface area contributed by atoms with Crippen LogP contribution < -0.4 is 5.32 Å². The van der Waals surface area contributed by atoms with E-state index in [1.54, 1.807) is 47.7 Å². The topological polar surface area (TPSA) is 97.3 Å². The summed E-state index contributed by atoms with van der Waals surface area (Å²) in [7, 11) is 0. The number of aromatic nitrogens is 5. The summed E-state index contributed by atoms with van der Waals surface area (Å²) in [5.74, 6) is -0.322. The molecule has 0 radical (unpaired) electrons. The van der Waals surface area contributed by atoms with E-state index in [1.165, 1.54) is 6.20 Å². The molecule has 30 heavy (non-hydrogen) atoms. The number of hydrogen-bond donors (Lipinski definition) is 2. The molecule has 4 rings (SSSR count). The lowest BCUT2D eigenvalue weighted by Gasteiger charge is -2.16. The zero-order valence-electron chi connectivity index (χ0n) is 17.4.